The third-order valence-corrected chi connectivity index (χ3v) is 5.24. The van der Waals surface area contributed by atoms with E-state index in [2.05, 4.69) is 30.2 Å². The van der Waals surface area contributed by atoms with E-state index in [1.807, 2.05) is 13.0 Å². The van der Waals surface area contributed by atoms with Gasteiger partial charge in [0.1, 0.15) is 5.75 Å². The Bertz CT molecular complexity index is 1200. The van der Waals surface area contributed by atoms with E-state index in [0.717, 1.165) is 16.0 Å². The second-order valence-corrected chi connectivity index (χ2v) is 7.83. The fourth-order valence-electron chi connectivity index (χ4n) is 2.88. The van der Waals surface area contributed by atoms with Crippen molar-refractivity contribution in [2.45, 2.75) is 26.4 Å². The number of rotatable bonds is 8. The number of amides is 1. The Morgan fingerprint density at radius 1 is 1.19 bits per heavy atom. The second kappa shape index (κ2) is 9.60. The summed E-state index contributed by atoms with van der Waals surface area (Å²) in [6.45, 7) is -1.01. The SMILES string of the molecule is Cc1sc(NC(=O)CCc2nc(-c3cccnc3)no2)nc1-c1ccc(OC(F)F)cc1. The molecule has 0 saturated heterocycles. The van der Waals surface area contributed by atoms with Crippen LogP contribution in [-0.2, 0) is 11.2 Å². The standard InChI is InChI=1S/C21H17F2N5O3S/c1-12-18(13-4-6-15(7-5-13)30-20(22)23)27-21(32-12)25-16(29)8-9-17-26-19(28-31-17)14-3-2-10-24-11-14/h2-7,10-11,20H,8-9H2,1H3,(H,25,27,29). The lowest BCUT2D eigenvalue weighted by Gasteiger charge is -2.05. The average Bonchev–Trinajstić information content (AvgIpc) is 3.40. The second-order valence-electron chi connectivity index (χ2n) is 6.63. The summed E-state index contributed by atoms with van der Waals surface area (Å²) in [6, 6.07) is 9.76. The van der Waals surface area contributed by atoms with Gasteiger partial charge in [-0.15, -0.1) is 11.3 Å². The van der Waals surface area contributed by atoms with Crippen molar-refractivity contribution >= 4 is 22.4 Å². The molecule has 0 spiro atoms. The number of halogens is 2. The molecule has 0 atom stereocenters. The van der Waals surface area contributed by atoms with Crippen LogP contribution in [0.3, 0.4) is 0 Å². The molecule has 0 aliphatic rings. The van der Waals surface area contributed by atoms with Crippen LogP contribution in [0.15, 0.2) is 53.3 Å². The van der Waals surface area contributed by atoms with Crippen LogP contribution >= 0.6 is 11.3 Å². The van der Waals surface area contributed by atoms with Crippen LogP contribution in [-0.4, -0.2) is 32.6 Å². The van der Waals surface area contributed by atoms with E-state index in [1.54, 1.807) is 30.6 Å². The fourth-order valence-corrected chi connectivity index (χ4v) is 3.73. The van der Waals surface area contributed by atoms with Gasteiger partial charge in [-0.25, -0.2) is 4.98 Å². The van der Waals surface area contributed by atoms with Crippen molar-refractivity contribution < 1.29 is 22.8 Å². The number of nitrogens with zero attached hydrogens (tertiary/aromatic N) is 4. The van der Waals surface area contributed by atoms with Gasteiger partial charge >= 0.3 is 6.61 Å². The highest BCUT2D eigenvalue weighted by atomic mass is 32.1. The van der Waals surface area contributed by atoms with E-state index in [-0.39, 0.29) is 24.5 Å². The molecule has 11 heteroatoms. The number of aryl methyl sites for hydroxylation is 2. The van der Waals surface area contributed by atoms with Crippen LogP contribution < -0.4 is 10.1 Å². The molecule has 3 heterocycles. The van der Waals surface area contributed by atoms with Gasteiger partial charge in [-0.1, -0.05) is 5.16 Å². The summed E-state index contributed by atoms with van der Waals surface area (Å²) in [4.78, 5) is 25.9. The van der Waals surface area contributed by atoms with Crippen molar-refractivity contribution in [1.29, 1.82) is 0 Å². The Labute approximate surface area is 185 Å². The maximum Gasteiger partial charge on any atom is 0.387 e. The molecule has 0 unspecified atom stereocenters. The lowest BCUT2D eigenvalue weighted by molar-refractivity contribution is -0.116. The third kappa shape index (κ3) is 5.30. The van der Waals surface area contributed by atoms with E-state index < -0.39 is 6.61 Å². The number of thiazole rings is 1. The molecule has 164 valence electrons. The van der Waals surface area contributed by atoms with Crippen molar-refractivity contribution in [3.63, 3.8) is 0 Å². The number of pyridine rings is 1. The predicted molar refractivity (Wildman–Crippen MR) is 113 cm³/mol. The maximum atomic E-state index is 12.3. The Balaban J connectivity index is 1.35. The van der Waals surface area contributed by atoms with Gasteiger partial charge in [0.05, 0.1) is 5.69 Å². The molecule has 0 bridgehead atoms. The highest BCUT2D eigenvalue weighted by molar-refractivity contribution is 7.16. The molecule has 3 aromatic heterocycles. The zero-order valence-corrected chi connectivity index (χ0v) is 17.6. The van der Waals surface area contributed by atoms with Gasteiger partial charge in [0.15, 0.2) is 5.13 Å². The molecule has 0 aliphatic heterocycles. The summed E-state index contributed by atoms with van der Waals surface area (Å²) in [5.74, 6) is 0.588. The minimum atomic E-state index is -2.88. The monoisotopic (exact) mass is 457 g/mol. The molecule has 0 saturated carbocycles. The molecule has 1 amide bonds. The van der Waals surface area contributed by atoms with Crippen molar-refractivity contribution in [1.82, 2.24) is 20.1 Å². The lowest BCUT2D eigenvalue weighted by atomic mass is 10.1. The van der Waals surface area contributed by atoms with Gasteiger partial charge in [-0.3, -0.25) is 9.78 Å². The highest BCUT2D eigenvalue weighted by Crippen LogP contribution is 2.31. The van der Waals surface area contributed by atoms with E-state index in [9.17, 15) is 13.6 Å². The quantitative estimate of drug-likeness (QED) is 0.408. The Hall–Kier alpha value is -3.73. The van der Waals surface area contributed by atoms with Crippen LogP contribution in [0, 0.1) is 6.92 Å². The van der Waals surface area contributed by atoms with Gasteiger partial charge < -0.3 is 14.6 Å². The predicted octanol–water partition coefficient (Wildman–Crippen LogP) is 4.74. The van der Waals surface area contributed by atoms with Crippen LogP contribution in [0.1, 0.15) is 17.2 Å². The molecule has 1 N–H and O–H groups in total. The Kier molecular flexibility index (Phi) is 6.45. The zero-order chi connectivity index (χ0) is 22.5. The Morgan fingerprint density at radius 2 is 2.00 bits per heavy atom. The summed E-state index contributed by atoms with van der Waals surface area (Å²) in [7, 11) is 0. The van der Waals surface area contributed by atoms with E-state index >= 15 is 0 Å². The van der Waals surface area contributed by atoms with Gasteiger partial charge in [0.25, 0.3) is 0 Å². The van der Waals surface area contributed by atoms with Crippen molar-refractivity contribution in [2.24, 2.45) is 0 Å². The third-order valence-electron chi connectivity index (χ3n) is 4.35. The number of anilines is 1. The number of benzene rings is 1. The van der Waals surface area contributed by atoms with Gasteiger partial charge in [-0.2, -0.15) is 13.8 Å². The van der Waals surface area contributed by atoms with Gasteiger partial charge in [-0.05, 0) is 43.3 Å². The van der Waals surface area contributed by atoms with E-state index in [4.69, 9.17) is 4.52 Å². The Morgan fingerprint density at radius 3 is 2.72 bits per heavy atom. The number of alkyl halides is 2. The normalized spacial score (nSPS) is 11.0. The summed E-state index contributed by atoms with van der Waals surface area (Å²) >= 11 is 1.32. The van der Waals surface area contributed by atoms with Crippen LogP contribution in [0.2, 0.25) is 0 Å². The maximum absolute atomic E-state index is 12.3. The largest absolute Gasteiger partial charge is 0.435 e. The molecular weight excluding hydrogens is 440 g/mol. The molecule has 0 fully saturated rings. The number of hydrogen-bond acceptors (Lipinski definition) is 8. The molecule has 0 radical (unpaired) electrons. The summed E-state index contributed by atoms with van der Waals surface area (Å²) in [5, 5.41) is 7.11. The number of carbonyl (C=O) groups is 1. The summed E-state index contributed by atoms with van der Waals surface area (Å²) < 4.78 is 34.1. The highest BCUT2D eigenvalue weighted by Gasteiger charge is 2.15. The van der Waals surface area contributed by atoms with E-state index in [0.29, 0.717) is 22.5 Å². The smallest absolute Gasteiger partial charge is 0.387 e. The molecule has 32 heavy (non-hydrogen) atoms. The molecule has 1 aromatic carbocycles. The minimum absolute atomic E-state index is 0.0675. The zero-order valence-electron chi connectivity index (χ0n) is 16.8. The molecule has 8 nitrogen and oxygen atoms in total. The van der Waals surface area contributed by atoms with Crippen molar-refractivity contribution in [3.05, 3.63) is 59.6 Å². The minimum Gasteiger partial charge on any atom is -0.435 e. The first-order valence-electron chi connectivity index (χ1n) is 9.53. The van der Waals surface area contributed by atoms with Crippen LogP contribution in [0.25, 0.3) is 22.6 Å². The summed E-state index contributed by atoms with van der Waals surface area (Å²) in [6.07, 6.45) is 3.70. The molecule has 4 rings (SSSR count). The number of carbonyl (C=O) groups excluding carboxylic acids is 1. The average molecular weight is 457 g/mol. The number of hydrogen-bond donors (Lipinski definition) is 1. The lowest BCUT2D eigenvalue weighted by Crippen LogP contribution is -2.12. The summed E-state index contributed by atoms with van der Waals surface area (Å²) in [5.41, 5.74) is 2.12. The van der Waals surface area contributed by atoms with Gasteiger partial charge in [0.2, 0.25) is 17.6 Å². The topological polar surface area (TPSA) is 103 Å². The number of nitrogens with one attached hydrogen (secondary N) is 1. The molecular formula is C21H17F2N5O3S. The number of ether oxygens (including phenoxy) is 1. The van der Waals surface area contributed by atoms with Crippen LogP contribution in [0.4, 0.5) is 13.9 Å². The van der Waals surface area contributed by atoms with Crippen LogP contribution in [0.5, 0.6) is 5.75 Å². The first-order valence-corrected chi connectivity index (χ1v) is 10.3. The van der Waals surface area contributed by atoms with Crippen molar-refractivity contribution in [3.8, 4) is 28.4 Å². The molecule has 4 aromatic rings. The van der Waals surface area contributed by atoms with E-state index in [1.165, 1.54) is 23.5 Å². The molecule has 0 aliphatic carbocycles. The first kappa shape index (κ1) is 21.5. The first-order chi connectivity index (χ1) is 15.5. The van der Waals surface area contributed by atoms with Crippen molar-refractivity contribution in [2.75, 3.05) is 5.32 Å². The fraction of sp³-hybridized carbons (Fsp3) is 0.190. The van der Waals surface area contributed by atoms with Gasteiger partial charge in [0, 0.05) is 41.2 Å². The number of aromatic nitrogens is 4.